The van der Waals surface area contributed by atoms with E-state index in [1.165, 1.54) is 17.4 Å². The standard InChI is InChI=1S/C13H13NO3S/c1-8-5-9(15)3-4-11(8)14-13(16)12-6-10(17-2)7-18-12/h3-7,15H,1-2H3,(H,14,16). The van der Waals surface area contributed by atoms with Crippen LogP contribution in [-0.4, -0.2) is 18.1 Å². The minimum Gasteiger partial charge on any atom is -0.508 e. The third-order valence-corrected chi connectivity index (χ3v) is 3.40. The molecule has 2 aromatic rings. The second-order valence-electron chi connectivity index (χ2n) is 3.80. The molecular formula is C13H13NO3S. The summed E-state index contributed by atoms with van der Waals surface area (Å²) < 4.78 is 5.03. The molecule has 94 valence electrons. The lowest BCUT2D eigenvalue weighted by molar-refractivity contribution is 0.103. The highest BCUT2D eigenvalue weighted by atomic mass is 32.1. The number of thiophene rings is 1. The molecule has 5 heteroatoms. The van der Waals surface area contributed by atoms with Crippen molar-refractivity contribution >= 4 is 22.9 Å². The second-order valence-corrected chi connectivity index (χ2v) is 4.72. The maximum absolute atomic E-state index is 12.0. The summed E-state index contributed by atoms with van der Waals surface area (Å²) in [6.45, 7) is 1.82. The first-order chi connectivity index (χ1) is 8.60. The van der Waals surface area contributed by atoms with E-state index in [1.54, 1.807) is 30.7 Å². The number of aryl methyl sites for hydroxylation is 1. The van der Waals surface area contributed by atoms with Crippen molar-refractivity contribution in [2.75, 3.05) is 12.4 Å². The predicted octanol–water partition coefficient (Wildman–Crippen LogP) is 3.02. The third-order valence-electron chi connectivity index (χ3n) is 2.49. The van der Waals surface area contributed by atoms with Crippen LogP contribution in [0.5, 0.6) is 11.5 Å². The molecule has 0 aliphatic heterocycles. The Balaban J connectivity index is 2.16. The summed E-state index contributed by atoms with van der Waals surface area (Å²) in [5.74, 6) is 0.674. The number of anilines is 1. The molecule has 1 heterocycles. The minimum atomic E-state index is -0.183. The summed E-state index contributed by atoms with van der Waals surface area (Å²) in [6.07, 6.45) is 0. The topological polar surface area (TPSA) is 58.6 Å². The van der Waals surface area contributed by atoms with E-state index in [-0.39, 0.29) is 11.7 Å². The predicted molar refractivity (Wildman–Crippen MR) is 71.7 cm³/mol. The zero-order chi connectivity index (χ0) is 13.1. The Morgan fingerprint density at radius 2 is 2.17 bits per heavy atom. The molecule has 18 heavy (non-hydrogen) atoms. The number of hydrogen-bond acceptors (Lipinski definition) is 4. The lowest BCUT2D eigenvalue weighted by Gasteiger charge is -2.07. The first-order valence-electron chi connectivity index (χ1n) is 5.33. The minimum absolute atomic E-state index is 0.183. The fourth-order valence-electron chi connectivity index (χ4n) is 1.52. The summed E-state index contributed by atoms with van der Waals surface area (Å²) >= 11 is 1.32. The number of rotatable bonds is 3. The Hall–Kier alpha value is -2.01. The van der Waals surface area contributed by atoms with Gasteiger partial charge in [0.25, 0.3) is 5.91 Å². The van der Waals surface area contributed by atoms with Crippen LogP contribution in [0, 0.1) is 6.92 Å². The number of aromatic hydroxyl groups is 1. The van der Waals surface area contributed by atoms with Gasteiger partial charge in [0.15, 0.2) is 0 Å². The Kier molecular flexibility index (Phi) is 3.53. The highest BCUT2D eigenvalue weighted by Gasteiger charge is 2.11. The summed E-state index contributed by atoms with van der Waals surface area (Å²) in [6, 6.07) is 6.51. The zero-order valence-corrected chi connectivity index (χ0v) is 10.9. The van der Waals surface area contributed by atoms with Crippen molar-refractivity contribution < 1.29 is 14.6 Å². The maximum atomic E-state index is 12.0. The average molecular weight is 263 g/mol. The van der Waals surface area contributed by atoms with Crippen molar-refractivity contribution in [3.05, 3.63) is 40.1 Å². The molecule has 0 saturated carbocycles. The molecule has 0 bridgehead atoms. The van der Waals surface area contributed by atoms with Crippen LogP contribution >= 0.6 is 11.3 Å². The molecule has 0 saturated heterocycles. The smallest absolute Gasteiger partial charge is 0.265 e. The van der Waals surface area contributed by atoms with Crippen LogP contribution in [0.25, 0.3) is 0 Å². The van der Waals surface area contributed by atoms with Gasteiger partial charge in [0, 0.05) is 17.1 Å². The highest BCUT2D eigenvalue weighted by Crippen LogP contribution is 2.24. The number of ether oxygens (including phenoxy) is 1. The van der Waals surface area contributed by atoms with Gasteiger partial charge in [0.05, 0.1) is 12.0 Å². The van der Waals surface area contributed by atoms with Crippen molar-refractivity contribution in [2.24, 2.45) is 0 Å². The van der Waals surface area contributed by atoms with Gasteiger partial charge < -0.3 is 15.2 Å². The molecule has 0 atom stereocenters. The van der Waals surface area contributed by atoms with Crippen LogP contribution < -0.4 is 10.1 Å². The molecule has 2 N–H and O–H groups in total. The van der Waals surface area contributed by atoms with Crippen molar-refractivity contribution in [1.29, 1.82) is 0 Å². The fraction of sp³-hybridized carbons (Fsp3) is 0.154. The maximum Gasteiger partial charge on any atom is 0.265 e. The summed E-state index contributed by atoms with van der Waals surface area (Å²) in [4.78, 5) is 12.5. The molecule has 0 aliphatic rings. The summed E-state index contributed by atoms with van der Waals surface area (Å²) in [7, 11) is 1.56. The fourth-order valence-corrected chi connectivity index (χ4v) is 2.27. The number of phenolic OH excluding ortho intramolecular Hbond substituents is 1. The van der Waals surface area contributed by atoms with E-state index in [0.29, 0.717) is 16.3 Å². The van der Waals surface area contributed by atoms with E-state index in [2.05, 4.69) is 5.32 Å². The lowest BCUT2D eigenvalue weighted by atomic mass is 10.2. The van der Waals surface area contributed by atoms with Crippen LogP contribution in [0.1, 0.15) is 15.2 Å². The van der Waals surface area contributed by atoms with Crippen molar-refractivity contribution in [1.82, 2.24) is 0 Å². The number of carbonyl (C=O) groups is 1. The Morgan fingerprint density at radius 3 is 2.78 bits per heavy atom. The van der Waals surface area contributed by atoms with Crippen LogP contribution in [0.15, 0.2) is 29.6 Å². The van der Waals surface area contributed by atoms with E-state index in [9.17, 15) is 9.90 Å². The van der Waals surface area contributed by atoms with Gasteiger partial charge in [-0.1, -0.05) is 0 Å². The van der Waals surface area contributed by atoms with Crippen LogP contribution in [-0.2, 0) is 0 Å². The molecule has 2 rings (SSSR count). The van der Waals surface area contributed by atoms with Crippen LogP contribution in [0.3, 0.4) is 0 Å². The monoisotopic (exact) mass is 263 g/mol. The van der Waals surface area contributed by atoms with E-state index < -0.39 is 0 Å². The van der Waals surface area contributed by atoms with E-state index in [0.717, 1.165) is 5.56 Å². The number of amides is 1. The van der Waals surface area contributed by atoms with Crippen molar-refractivity contribution in [2.45, 2.75) is 6.92 Å². The van der Waals surface area contributed by atoms with Gasteiger partial charge in [-0.15, -0.1) is 11.3 Å². The van der Waals surface area contributed by atoms with Gasteiger partial charge in [0.1, 0.15) is 11.5 Å². The van der Waals surface area contributed by atoms with E-state index in [4.69, 9.17) is 4.74 Å². The number of nitrogens with one attached hydrogen (secondary N) is 1. The number of hydrogen-bond donors (Lipinski definition) is 2. The Labute approximate surface area is 109 Å². The molecule has 0 unspecified atom stereocenters. The van der Waals surface area contributed by atoms with Gasteiger partial charge in [-0.25, -0.2) is 0 Å². The SMILES string of the molecule is COc1csc(C(=O)Nc2ccc(O)cc2C)c1. The van der Waals surface area contributed by atoms with Crippen LogP contribution in [0.4, 0.5) is 5.69 Å². The van der Waals surface area contributed by atoms with Crippen molar-refractivity contribution in [3.8, 4) is 11.5 Å². The van der Waals surface area contributed by atoms with E-state index >= 15 is 0 Å². The summed E-state index contributed by atoms with van der Waals surface area (Å²) in [5, 5.41) is 13.9. The number of methoxy groups -OCH3 is 1. The first kappa shape index (κ1) is 12.4. The van der Waals surface area contributed by atoms with Gasteiger partial charge >= 0.3 is 0 Å². The zero-order valence-electron chi connectivity index (χ0n) is 10.1. The van der Waals surface area contributed by atoms with Crippen molar-refractivity contribution in [3.63, 3.8) is 0 Å². The molecule has 0 spiro atoms. The molecule has 1 aromatic heterocycles. The Bertz CT molecular complexity index is 577. The normalized spacial score (nSPS) is 10.1. The highest BCUT2D eigenvalue weighted by molar-refractivity contribution is 7.12. The molecule has 1 amide bonds. The molecular weight excluding hydrogens is 250 g/mol. The largest absolute Gasteiger partial charge is 0.508 e. The van der Waals surface area contributed by atoms with Crippen LogP contribution in [0.2, 0.25) is 0 Å². The number of phenols is 1. The molecule has 0 fully saturated rings. The van der Waals surface area contributed by atoms with Gasteiger partial charge in [-0.05, 0) is 30.7 Å². The van der Waals surface area contributed by atoms with Gasteiger partial charge in [-0.2, -0.15) is 0 Å². The first-order valence-corrected chi connectivity index (χ1v) is 6.21. The average Bonchev–Trinajstić information content (AvgIpc) is 2.81. The number of benzene rings is 1. The number of carbonyl (C=O) groups excluding carboxylic acids is 1. The second kappa shape index (κ2) is 5.10. The molecule has 0 aliphatic carbocycles. The lowest BCUT2D eigenvalue weighted by Crippen LogP contribution is -2.10. The quantitative estimate of drug-likeness (QED) is 0.837. The molecule has 1 aromatic carbocycles. The molecule has 0 radical (unpaired) electrons. The van der Waals surface area contributed by atoms with E-state index in [1.807, 2.05) is 6.92 Å². The van der Waals surface area contributed by atoms with Gasteiger partial charge in [-0.3, -0.25) is 4.79 Å². The summed E-state index contributed by atoms with van der Waals surface area (Å²) in [5.41, 5.74) is 1.50. The third kappa shape index (κ3) is 2.62. The van der Waals surface area contributed by atoms with Gasteiger partial charge in [0.2, 0.25) is 0 Å². The Morgan fingerprint density at radius 1 is 1.39 bits per heavy atom. The molecule has 4 nitrogen and oxygen atoms in total.